The summed E-state index contributed by atoms with van der Waals surface area (Å²) in [5.41, 5.74) is 4.59. The summed E-state index contributed by atoms with van der Waals surface area (Å²) in [6.07, 6.45) is 0.637. The molecule has 0 spiro atoms. The molecule has 3 rings (SSSR count). The maximum Gasteiger partial charge on any atom is 0.414 e. The predicted molar refractivity (Wildman–Crippen MR) is 94.0 cm³/mol. The third-order valence-electron chi connectivity index (χ3n) is 4.32. The highest BCUT2D eigenvalue weighted by molar-refractivity contribution is 5.80. The van der Waals surface area contributed by atoms with E-state index in [9.17, 15) is 9.59 Å². The number of rotatable bonds is 5. The number of hydrogen-bond acceptors (Lipinski definition) is 4. The number of nitrogens with zero attached hydrogens (tertiary/aromatic N) is 1. The van der Waals surface area contributed by atoms with Crippen molar-refractivity contribution in [2.75, 3.05) is 20.3 Å². The maximum atomic E-state index is 12.2. The van der Waals surface area contributed by atoms with Gasteiger partial charge in [0.15, 0.2) is 0 Å². The summed E-state index contributed by atoms with van der Waals surface area (Å²) in [6, 6.07) is 16.2. The average molecular weight is 337 g/mol. The number of hydrogen-bond donors (Lipinski definition) is 0. The SMILES string of the molecule is C=CN(CC(=O)OC)C(=O)OCC1c2ccccc2-c2ccccc21. The van der Waals surface area contributed by atoms with Gasteiger partial charge in [-0.15, -0.1) is 0 Å². The Morgan fingerprint density at radius 1 is 1.08 bits per heavy atom. The van der Waals surface area contributed by atoms with Crippen molar-refractivity contribution in [1.29, 1.82) is 0 Å². The van der Waals surface area contributed by atoms with E-state index in [1.54, 1.807) is 0 Å². The number of esters is 1. The molecule has 0 bridgehead atoms. The monoisotopic (exact) mass is 337 g/mol. The summed E-state index contributed by atoms with van der Waals surface area (Å²) in [6.45, 7) is 3.51. The summed E-state index contributed by atoms with van der Waals surface area (Å²) in [5, 5.41) is 0. The number of carbonyl (C=O) groups excluding carboxylic acids is 2. The second kappa shape index (κ2) is 7.21. The third kappa shape index (κ3) is 3.26. The van der Waals surface area contributed by atoms with Crippen LogP contribution in [0.4, 0.5) is 4.79 Å². The number of ether oxygens (including phenoxy) is 2. The van der Waals surface area contributed by atoms with Gasteiger partial charge in [0.05, 0.1) is 7.11 Å². The van der Waals surface area contributed by atoms with E-state index in [0.29, 0.717) is 0 Å². The normalized spacial score (nSPS) is 12.0. The fourth-order valence-corrected chi connectivity index (χ4v) is 3.08. The zero-order chi connectivity index (χ0) is 17.8. The minimum absolute atomic E-state index is 0.0267. The molecule has 2 aromatic carbocycles. The first kappa shape index (κ1) is 16.8. The lowest BCUT2D eigenvalue weighted by Gasteiger charge is -2.19. The van der Waals surface area contributed by atoms with Gasteiger partial charge in [-0.1, -0.05) is 55.1 Å². The van der Waals surface area contributed by atoms with Crippen LogP contribution in [-0.4, -0.2) is 37.2 Å². The summed E-state index contributed by atoms with van der Waals surface area (Å²) in [7, 11) is 1.27. The minimum Gasteiger partial charge on any atom is -0.468 e. The van der Waals surface area contributed by atoms with Crippen LogP contribution in [0.1, 0.15) is 17.0 Å². The number of amides is 1. The minimum atomic E-state index is -0.623. The van der Waals surface area contributed by atoms with Crippen LogP contribution >= 0.6 is 0 Å². The van der Waals surface area contributed by atoms with Crippen LogP contribution in [0.15, 0.2) is 61.3 Å². The first-order chi connectivity index (χ1) is 12.2. The lowest BCUT2D eigenvalue weighted by Crippen LogP contribution is -2.33. The maximum absolute atomic E-state index is 12.2. The zero-order valence-electron chi connectivity index (χ0n) is 14.0. The van der Waals surface area contributed by atoms with Gasteiger partial charge in [0.2, 0.25) is 0 Å². The highest BCUT2D eigenvalue weighted by Crippen LogP contribution is 2.44. The molecule has 1 amide bonds. The molecule has 5 heteroatoms. The third-order valence-corrected chi connectivity index (χ3v) is 4.32. The summed E-state index contributed by atoms with van der Waals surface area (Å²) < 4.78 is 10.0. The first-order valence-corrected chi connectivity index (χ1v) is 7.96. The molecule has 0 heterocycles. The molecule has 0 fully saturated rings. The average Bonchev–Trinajstić information content (AvgIpc) is 2.98. The van der Waals surface area contributed by atoms with Crippen molar-refractivity contribution in [1.82, 2.24) is 4.90 Å². The lowest BCUT2D eigenvalue weighted by molar-refractivity contribution is -0.141. The van der Waals surface area contributed by atoms with Gasteiger partial charge in [0.25, 0.3) is 0 Å². The second-order valence-corrected chi connectivity index (χ2v) is 5.69. The van der Waals surface area contributed by atoms with Gasteiger partial charge in [0, 0.05) is 12.1 Å². The molecule has 25 heavy (non-hydrogen) atoms. The Bertz CT molecular complexity index is 769. The Balaban J connectivity index is 1.76. The molecule has 0 aromatic heterocycles. The van der Waals surface area contributed by atoms with E-state index in [-0.39, 0.29) is 19.1 Å². The molecule has 0 N–H and O–H groups in total. The van der Waals surface area contributed by atoms with Gasteiger partial charge in [-0.05, 0) is 22.3 Å². The Morgan fingerprint density at radius 3 is 2.16 bits per heavy atom. The first-order valence-electron chi connectivity index (χ1n) is 7.96. The van der Waals surface area contributed by atoms with Gasteiger partial charge >= 0.3 is 12.1 Å². The molecular weight excluding hydrogens is 318 g/mol. The molecule has 0 radical (unpaired) electrons. The van der Waals surface area contributed by atoms with E-state index >= 15 is 0 Å². The van der Waals surface area contributed by atoms with E-state index in [1.807, 2.05) is 36.4 Å². The zero-order valence-corrected chi connectivity index (χ0v) is 14.0. The summed E-state index contributed by atoms with van der Waals surface area (Å²) in [5.74, 6) is -0.561. The summed E-state index contributed by atoms with van der Waals surface area (Å²) >= 11 is 0. The van der Waals surface area contributed by atoms with Crippen LogP contribution in [0.3, 0.4) is 0 Å². The van der Waals surface area contributed by atoms with Crippen molar-refractivity contribution in [2.45, 2.75) is 5.92 Å². The van der Waals surface area contributed by atoms with Crippen LogP contribution in [0.25, 0.3) is 11.1 Å². The van der Waals surface area contributed by atoms with Crippen molar-refractivity contribution in [2.24, 2.45) is 0 Å². The van der Waals surface area contributed by atoms with E-state index in [2.05, 4.69) is 23.4 Å². The lowest BCUT2D eigenvalue weighted by atomic mass is 9.98. The molecule has 0 aliphatic heterocycles. The number of methoxy groups -OCH3 is 1. The molecule has 2 aromatic rings. The molecule has 0 atom stereocenters. The second-order valence-electron chi connectivity index (χ2n) is 5.69. The van der Waals surface area contributed by atoms with Crippen LogP contribution in [0.2, 0.25) is 0 Å². The molecule has 128 valence electrons. The van der Waals surface area contributed by atoms with E-state index < -0.39 is 12.1 Å². The molecule has 0 saturated heterocycles. The van der Waals surface area contributed by atoms with Crippen molar-refractivity contribution in [3.8, 4) is 11.1 Å². The fourth-order valence-electron chi connectivity index (χ4n) is 3.08. The van der Waals surface area contributed by atoms with Crippen molar-refractivity contribution in [3.05, 3.63) is 72.4 Å². The van der Waals surface area contributed by atoms with Gasteiger partial charge in [-0.25, -0.2) is 4.79 Å². The van der Waals surface area contributed by atoms with Crippen LogP contribution in [0.5, 0.6) is 0 Å². The number of benzene rings is 2. The van der Waals surface area contributed by atoms with Gasteiger partial charge in [-0.3, -0.25) is 9.69 Å². The fraction of sp³-hybridized carbons (Fsp3) is 0.200. The smallest absolute Gasteiger partial charge is 0.414 e. The Morgan fingerprint density at radius 2 is 1.64 bits per heavy atom. The molecular formula is C20H19NO4. The molecule has 0 saturated carbocycles. The summed E-state index contributed by atoms with van der Waals surface area (Å²) in [4.78, 5) is 24.7. The van der Waals surface area contributed by atoms with Crippen LogP contribution < -0.4 is 0 Å². The van der Waals surface area contributed by atoms with Crippen molar-refractivity contribution in [3.63, 3.8) is 0 Å². The largest absolute Gasteiger partial charge is 0.468 e. The molecule has 1 aliphatic rings. The standard InChI is InChI=1S/C20H19NO4/c1-3-21(12-19(22)24-2)20(23)25-13-18-16-10-6-4-8-14(16)15-9-5-7-11-17(15)18/h3-11,18H,1,12-13H2,2H3. The van der Waals surface area contributed by atoms with Gasteiger partial charge < -0.3 is 9.47 Å². The van der Waals surface area contributed by atoms with E-state index in [1.165, 1.54) is 13.3 Å². The highest BCUT2D eigenvalue weighted by atomic mass is 16.6. The van der Waals surface area contributed by atoms with Crippen LogP contribution in [-0.2, 0) is 14.3 Å². The predicted octanol–water partition coefficient (Wildman–Crippen LogP) is 3.55. The van der Waals surface area contributed by atoms with Crippen LogP contribution in [0, 0.1) is 0 Å². The molecule has 5 nitrogen and oxygen atoms in total. The Labute approximate surface area is 146 Å². The van der Waals surface area contributed by atoms with E-state index in [0.717, 1.165) is 27.2 Å². The quantitative estimate of drug-likeness (QED) is 0.783. The van der Waals surface area contributed by atoms with Gasteiger partial charge in [0.1, 0.15) is 13.2 Å². The Hall–Kier alpha value is -3.08. The van der Waals surface area contributed by atoms with Crippen molar-refractivity contribution >= 4 is 12.1 Å². The number of fused-ring (bicyclic) bond motifs is 3. The van der Waals surface area contributed by atoms with Gasteiger partial charge in [-0.2, -0.15) is 0 Å². The number of carbonyl (C=O) groups is 2. The van der Waals surface area contributed by atoms with Crippen molar-refractivity contribution < 1.29 is 19.1 Å². The highest BCUT2D eigenvalue weighted by Gasteiger charge is 2.29. The topological polar surface area (TPSA) is 55.8 Å². The molecule has 0 unspecified atom stereocenters. The Kier molecular flexibility index (Phi) is 4.84. The van der Waals surface area contributed by atoms with E-state index in [4.69, 9.17) is 4.74 Å². The molecule has 1 aliphatic carbocycles.